The quantitative estimate of drug-likeness (QED) is 0.693. The molecule has 2 aliphatic heterocycles. The Morgan fingerprint density at radius 3 is 2.53 bits per heavy atom. The molecule has 1 aromatic carbocycles. The predicted octanol–water partition coefficient (Wildman–Crippen LogP) is 2.26. The molecule has 0 bridgehead atoms. The van der Waals surface area contributed by atoms with Crippen LogP contribution in [0.15, 0.2) is 28.5 Å². The fourth-order valence-electron chi connectivity index (χ4n) is 3.48. The predicted molar refractivity (Wildman–Crippen MR) is 113 cm³/mol. The number of nitrogens with zero attached hydrogens (tertiary/aromatic N) is 3. The first-order chi connectivity index (χ1) is 14.3. The van der Waals surface area contributed by atoms with Gasteiger partial charge in [-0.25, -0.2) is 13.4 Å². The Balaban J connectivity index is 1.41. The van der Waals surface area contributed by atoms with E-state index in [2.05, 4.69) is 18.8 Å². The van der Waals surface area contributed by atoms with Gasteiger partial charge in [-0.2, -0.15) is 4.31 Å². The maximum atomic E-state index is 13.0. The van der Waals surface area contributed by atoms with E-state index in [1.165, 1.54) is 27.8 Å². The minimum absolute atomic E-state index is 0.141. The van der Waals surface area contributed by atoms with Gasteiger partial charge in [0, 0.05) is 44.0 Å². The van der Waals surface area contributed by atoms with Gasteiger partial charge in [0.25, 0.3) is 5.91 Å². The van der Waals surface area contributed by atoms with Crippen LogP contribution in [0.25, 0.3) is 0 Å². The van der Waals surface area contributed by atoms with Gasteiger partial charge in [-0.05, 0) is 18.1 Å². The Kier molecular flexibility index (Phi) is 5.99. The minimum Gasteiger partial charge on any atom is -0.486 e. The average molecular weight is 452 g/mol. The van der Waals surface area contributed by atoms with Crippen LogP contribution in [0.3, 0.4) is 0 Å². The van der Waals surface area contributed by atoms with Crippen molar-refractivity contribution in [2.75, 3.05) is 39.4 Å². The third-order valence-corrected chi connectivity index (χ3v) is 7.80. The lowest BCUT2D eigenvalue weighted by atomic mass is 10.1. The Labute approximate surface area is 180 Å². The number of hydrogen-bond donors (Lipinski definition) is 0. The lowest BCUT2D eigenvalue weighted by molar-refractivity contribution is 0.0692. The number of carbonyl (C=O) groups is 1. The van der Waals surface area contributed by atoms with Crippen molar-refractivity contribution in [1.29, 1.82) is 0 Å². The van der Waals surface area contributed by atoms with Gasteiger partial charge >= 0.3 is 0 Å². The van der Waals surface area contributed by atoms with E-state index in [-0.39, 0.29) is 23.9 Å². The third-order valence-electron chi connectivity index (χ3n) is 5.03. The molecule has 2 aromatic rings. The van der Waals surface area contributed by atoms with Crippen LogP contribution in [0.5, 0.6) is 11.5 Å². The molecule has 2 aliphatic rings. The monoisotopic (exact) mass is 451 g/mol. The molecule has 1 fully saturated rings. The smallest absolute Gasteiger partial charge is 0.273 e. The van der Waals surface area contributed by atoms with Crippen LogP contribution in [-0.2, 0) is 16.4 Å². The first-order valence-electron chi connectivity index (χ1n) is 9.98. The molecule has 4 rings (SSSR count). The number of ether oxygens (including phenoxy) is 2. The van der Waals surface area contributed by atoms with Gasteiger partial charge in [-0.15, -0.1) is 11.3 Å². The van der Waals surface area contributed by atoms with E-state index in [0.717, 1.165) is 11.4 Å². The highest BCUT2D eigenvalue weighted by Crippen LogP contribution is 2.33. The zero-order valence-corrected chi connectivity index (χ0v) is 18.7. The summed E-state index contributed by atoms with van der Waals surface area (Å²) in [6.07, 6.45) is 0.847. The molecule has 0 radical (unpaired) electrons. The summed E-state index contributed by atoms with van der Waals surface area (Å²) in [5, 5.41) is 2.74. The summed E-state index contributed by atoms with van der Waals surface area (Å²) in [6, 6.07) is 4.66. The first kappa shape index (κ1) is 21.1. The van der Waals surface area contributed by atoms with E-state index in [9.17, 15) is 13.2 Å². The molecule has 8 nitrogen and oxygen atoms in total. The number of aromatic nitrogens is 1. The first-order valence-corrected chi connectivity index (χ1v) is 12.3. The van der Waals surface area contributed by atoms with Crippen LogP contribution in [0.1, 0.15) is 29.3 Å². The van der Waals surface area contributed by atoms with Crippen molar-refractivity contribution in [3.05, 3.63) is 34.3 Å². The van der Waals surface area contributed by atoms with E-state index in [4.69, 9.17) is 9.47 Å². The van der Waals surface area contributed by atoms with Crippen LogP contribution >= 0.6 is 11.3 Å². The van der Waals surface area contributed by atoms with Gasteiger partial charge in [0.15, 0.2) is 11.5 Å². The number of thiazole rings is 1. The number of piperazine rings is 1. The van der Waals surface area contributed by atoms with Crippen molar-refractivity contribution in [1.82, 2.24) is 14.2 Å². The normalized spacial score (nSPS) is 17.4. The van der Waals surface area contributed by atoms with E-state index < -0.39 is 10.0 Å². The number of fused-ring (bicyclic) bond motifs is 1. The minimum atomic E-state index is -3.67. The van der Waals surface area contributed by atoms with Gasteiger partial charge in [-0.3, -0.25) is 4.79 Å². The molecule has 0 spiro atoms. The molecule has 1 saturated heterocycles. The van der Waals surface area contributed by atoms with Crippen molar-refractivity contribution in [3.63, 3.8) is 0 Å². The van der Waals surface area contributed by atoms with Crippen molar-refractivity contribution in [3.8, 4) is 11.5 Å². The van der Waals surface area contributed by atoms with Crippen molar-refractivity contribution in [2.45, 2.75) is 25.2 Å². The highest BCUT2D eigenvalue weighted by molar-refractivity contribution is 7.89. The van der Waals surface area contributed by atoms with Crippen LogP contribution < -0.4 is 9.47 Å². The summed E-state index contributed by atoms with van der Waals surface area (Å²) < 4.78 is 38.5. The Hall–Kier alpha value is -2.17. The molecular formula is C20H25N3O5S2. The highest BCUT2D eigenvalue weighted by atomic mass is 32.2. The number of carbonyl (C=O) groups excluding carboxylic acids is 1. The molecule has 1 amide bonds. The number of amides is 1. The zero-order valence-electron chi connectivity index (χ0n) is 17.0. The maximum absolute atomic E-state index is 13.0. The van der Waals surface area contributed by atoms with Crippen molar-refractivity contribution in [2.24, 2.45) is 5.92 Å². The zero-order chi connectivity index (χ0) is 21.3. The summed E-state index contributed by atoms with van der Waals surface area (Å²) in [4.78, 5) is 19.1. The highest BCUT2D eigenvalue weighted by Gasteiger charge is 2.32. The van der Waals surface area contributed by atoms with Gasteiger partial charge in [0.05, 0.1) is 9.90 Å². The summed E-state index contributed by atoms with van der Waals surface area (Å²) in [6.45, 7) is 6.23. The largest absolute Gasteiger partial charge is 0.486 e. The Morgan fingerprint density at radius 1 is 1.13 bits per heavy atom. The molecule has 0 N–H and O–H groups in total. The molecule has 162 valence electrons. The maximum Gasteiger partial charge on any atom is 0.273 e. The van der Waals surface area contributed by atoms with Crippen LogP contribution in [-0.4, -0.2) is 67.9 Å². The van der Waals surface area contributed by atoms with E-state index in [0.29, 0.717) is 49.4 Å². The summed E-state index contributed by atoms with van der Waals surface area (Å²) in [5.74, 6) is 1.33. The summed E-state index contributed by atoms with van der Waals surface area (Å²) in [7, 11) is -3.67. The van der Waals surface area contributed by atoms with Crippen LogP contribution in [0, 0.1) is 5.92 Å². The Morgan fingerprint density at radius 2 is 1.83 bits per heavy atom. The molecule has 0 saturated carbocycles. The number of benzene rings is 1. The van der Waals surface area contributed by atoms with E-state index in [1.54, 1.807) is 16.3 Å². The molecule has 0 atom stereocenters. The lowest BCUT2D eigenvalue weighted by Gasteiger charge is -2.33. The van der Waals surface area contributed by atoms with Gasteiger partial charge < -0.3 is 14.4 Å². The average Bonchev–Trinajstić information content (AvgIpc) is 3.20. The van der Waals surface area contributed by atoms with Crippen LogP contribution in [0.4, 0.5) is 0 Å². The molecule has 3 heterocycles. The second-order valence-electron chi connectivity index (χ2n) is 7.73. The summed E-state index contributed by atoms with van der Waals surface area (Å²) >= 11 is 1.50. The number of sulfonamides is 1. The Bertz CT molecular complexity index is 1030. The second kappa shape index (κ2) is 8.52. The standard InChI is InChI=1S/C20H25N3O5S2/c1-14(2)11-19-21-16(13-29-19)20(24)22-5-7-23(8-6-22)30(25,26)15-3-4-17-18(12-15)28-10-9-27-17/h3-4,12-14H,5-11H2,1-2H3. The molecule has 1 aromatic heterocycles. The lowest BCUT2D eigenvalue weighted by Crippen LogP contribution is -2.50. The van der Waals surface area contributed by atoms with Gasteiger partial charge in [-0.1, -0.05) is 13.8 Å². The number of rotatable bonds is 5. The summed E-state index contributed by atoms with van der Waals surface area (Å²) in [5.41, 5.74) is 0.443. The fourth-order valence-corrected chi connectivity index (χ4v) is 5.90. The van der Waals surface area contributed by atoms with Crippen LogP contribution in [0.2, 0.25) is 0 Å². The van der Waals surface area contributed by atoms with Crippen molar-refractivity contribution >= 4 is 27.3 Å². The molecular weight excluding hydrogens is 426 g/mol. The van der Waals surface area contributed by atoms with Gasteiger partial charge in [0.2, 0.25) is 10.0 Å². The SMILES string of the molecule is CC(C)Cc1nc(C(=O)N2CCN(S(=O)(=O)c3ccc4c(c3)OCCO4)CC2)cs1. The third kappa shape index (κ3) is 4.30. The van der Waals surface area contributed by atoms with Gasteiger partial charge in [0.1, 0.15) is 18.9 Å². The number of hydrogen-bond acceptors (Lipinski definition) is 7. The molecule has 10 heteroatoms. The van der Waals surface area contributed by atoms with Crippen molar-refractivity contribution < 1.29 is 22.7 Å². The molecule has 0 unspecified atom stereocenters. The molecule has 30 heavy (non-hydrogen) atoms. The fraction of sp³-hybridized carbons (Fsp3) is 0.500. The van der Waals surface area contributed by atoms with E-state index >= 15 is 0 Å². The van der Waals surface area contributed by atoms with E-state index in [1.807, 2.05) is 0 Å². The second-order valence-corrected chi connectivity index (χ2v) is 10.6. The topological polar surface area (TPSA) is 89.0 Å². The molecule has 0 aliphatic carbocycles.